The fraction of sp³-hybridized carbons (Fsp3) is 0.273. The lowest BCUT2D eigenvalue weighted by Gasteiger charge is -2.05. The average molecular weight is 238 g/mol. The third-order valence-electron chi connectivity index (χ3n) is 2.27. The Kier molecular flexibility index (Phi) is 3.14. The Bertz CT molecular complexity index is 412. The summed E-state index contributed by atoms with van der Waals surface area (Å²) < 4.78 is 4.85. The highest BCUT2D eigenvalue weighted by molar-refractivity contribution is 8.00. The van der Waals surface area contributed by atoms with Crippen LogP contribution in [0.25, 0.3) is 0 Å². The third-order valence-corrected chi connectivity index (χ3v) is 3.52. The van der Waals surface area contributed by atoms with E-state index >= 15 is 0 Å². The number of aromatic carboxylic acids is 1. The maximum absolute atomic E-state index is 11.2. The number of hydrogen-bond acceptors (Lipinski definition) is 4. The van der Waals surface area contributed by atoms with Gasteiger partial charge in [0.15, 0.2) is 0 Å². The fourth-order valence-corrected chi connectivity index (χ4v) is 2.42. The second kappa shape index (κ2) is 4.57. The summed E-state index contributed by atoms with van der Waals surface area (Å²) in [5.74, 6) is -1.14. The minimum Gasteiger partial charge on any atom is -0.478 e. The van der Waals surface area contributed by atoms with Gasteiger partial charge < -0.3 is 9.84 Å². The molecule has 1 aromatic carbocycles. The quantitative estimate of drug-likeness (QED) is 0.813. The smallest absolute Gasteiger partial charge is 0.335 e. The maximum Gasteiger partial charge on any atom is 0.335 e. The molecule has 0 unspecified atom stereocenters. The molecular formula is C11H10O4S. The van der Waals surface area contributed by atoms with Gasteiger partial charge in [0, 0.05) is 11.3 Å². The highest BCUT2D eigenvalue weighted by atomic mass is 32.2. The van der Waals surface area contributed by atoms with Crippen LogP contribution in [0.5, 0.6) is 0 Å². The Balaban J connectivity index is 2.05. The zero-order chi connectivity index (χ0) is 11.5. The summed E-state index contributed by atoms with van der Waals surface area (Å²) in [7, 11) is 0. The van der Waals surface area contributed by atoms with Gasteiger partial charge in [-0.3, -0.25) is 4.79 Å². The number of ether oxygens (including phenoxy) is 1. The topological polar surface area (TPSA) is 63.6 Å². The van der Waals surface area contributed by atoms with E-state index in [1.807, 2.05) is 0 Å². The number of cyclic esters (lactones) is 1. The molecule has 1 atom stereocenters. The normalized spacial score (nSPS) is 19.5. The molecule has 0 saturated carbocycles. The van der Waals surface area contributed by atoms with Crippen molar-refractivity contribution in [3.8, 4) is 0 Å². The Morgan fingerprint density at radius 1 is 1.38 bits per heavy atom. The Morgan fingerprint density at radius 2 is 2.06 bits per heavy atom. The van der Waals surface area contributed by atoms with Crippen molar-refractivity contribution < 1.29 is 19.4 Å². The second-order valence-electron chi connectivity index (χ2n) is 3.39. The lowest BCUT2D eigenvalue weighted by molar-refractivity contribution is -0.137. The molecule has 1 saturated heterocycles. The fourth-order valence-electron chi connectivity index (χ4n) is 1.42. The standard InChI is InChI=1S/C11H10O4S/c12-10(13)7-1-3-8(4-2-7)16-9-5-6-15-11(9)14/h1-4,9H,5-6H2,(H,12,13)/t9-/m0/s1. The van der Waals surface area contributed by atoms with Crippen molar-refractivity contribution in [2.24, 2.45) is 0 Å². The first-order valence-corrected chi connectivity index (χ1v) is 5.71. The third kappa shape index (κ3) is 2.36. The van der Waals surface area contributed by atoms with E-state index in [-0.39, 0.29) is 16.8 Å². The van der Waals surface area contributed by atoms with Crippen LogP contribution in [0, 0.1) is 0 Å². The number of esters is 1. The minimum absolute atomic E-state index is 0.157. The Hall–Kier alpha value is -1.49. The summed E-state index contributed by atoms with van der Waals surface area (Å²) in [6.45, 7) is 0.476. The monoisotopic (exact) mass is 238 g/mol. The summed E-state index contributed by atoms with van der Waals surface area (Å²) in [6.07, 6.45) is 0.712. The predicted molar refractivity (Wildman–Crippen MR) is 58.6 cm³/mol. The molecule has 0 spiro atoms. The molecule has 16 heavy (non-hydrogen) atoms. The lowest BCUT2D eigenvalue weighted by Crippen LogP contribution is -2.09. The molecule has 1 aromatic rings. The van der Waals surface area contributed by atoms with Crippen LogP contribution in [0.3, 0.4) is 0 Å². The molecule has 84 valence electrons. The van der Waals surface area contributed by atoms with Crippen molar-refractivity contribution in [2.45, 2.75) is 16.6 Å². The van der Waals surface area contributed by atoms with Crippen molar-refractivity contribution in [1.82, 2.24) is 0 Å². The van der Waals surface area contributed by atoms with Crippen LogP contribution in [-0.2, 0) is 9.53 Å². The van der Waals surface area contributed by atoms with Gasteiger partial charge in [-0.1, -0.05) is 0 Å². The molecule has 4 nitrogen and oxygen atoms in total. The van der Waals surface area contributed by atoms with Crippen LogP contribution in [-0.4, -0.2) is 28.9 Å². The molecule has 1 N–H and O–H groups in total. The van der Waals surface area contributed by atoms with E-state index in [2.05, 4.69) is 0 Å². The van der Waals surface area contributed by atoms with Crippen LogP contribution < -0.4 is 0 Å². The Labute approximate surface area is 96.6 Å². The number of carbonyl (C=O) groups excluding carboxylic acids is 1. The van der Waals surface area contributed by atoms with Gasteiger partial charge in [-0.05, 0) is 24.3 Å². The molecule has 1 aliphatic rings. The van der Waals surface area contributed by atoms with Gasteiger partial charge in [-0.25, -0.2) is 4.79 Å². The SMILES string of the molecule is O=C(O)c1ccc(S[C@H]2CCOC2=O)cc1. The van der Waals surface area contributed by atoms with Crippen LogP contribution >= 0.6 is 11.8 Å². The molecule has 0 amide bonds. The second-order valence-corrected chi connectivity index (χ2v) is 4.67. The van der Waals surface area contributed by atoms with Gasteiger partial charge in [-0.2, -0.15) is 0 Å². The molecule has 0 radical (unpaired) electrons. The van der Waals surface area contributed by atoms with Crippen LogP contribution in [0.15, 0.2) is 29.2 Å². The summed E-state index contributed by atoms with van der Waals surface area (Å²) in [6, 6.07) is 6.48. The molecule has 0 aromatic heterocycles. The van der Waals surface area contributed by atoms with E-state index in [0.717, 1.165) is 4.90 Å². The summed E-state index contributed by atoms with van der Waals surface area (Å²) in [5.41, 5.74) is 0.248. The van der Waals surface area contributed by atoms with Gasteiger partial charge in [0.2, 0.25) is 0 Å². The number of benzene rings is 1. The number of carbonyl (C=O) groups is 2. The number of rotatable bonds is 3. The summed E-state index contributed by atoms with van der Waals surface area (Å²) in [5, 5.41) is 8.56. The first-order valence-electron chi connectivity index (χ1n) is 4.83. The lowest BCUT2D eigenvalue weighted by atomic mass is 10.2. The largest absolute Gasteiger partial charge is 0.478 e. The number of hydrogen-bond donors (Lipinski definition) is 1. The van der Waals surface area contributed by atoms with Crippen molar-refractivity contribution in [3.05, 3.63) is 29.8 Å². The molecule has 1 heterocycles. The molecule has 1 aliphatic heterocycles. The van der Waals surface area contributed by atoms with Crippen molar-refractivity contribution in [1.29, 1.82) is 0 Å². The Morgan fingerprint density at radius 3 is 2.56 bits per heavy atom. The molecule has 5 heteroatoms. The first kappa shape index (κ1) is 11.0. The highest BCUT2D eigenvalue weighted by Crippen LogP contribution is 2.29. The number of carboxylic acids is 1. The van der Waals surface area contributed by atoms with Crippen molar-refractivity contribution >= 4 is 23.7 Å². The predicted octanol–water partition coefficient (Wildman–Crippen LogP) is 1.79. The van der Waals surface area contributed by atoms with Crippen LogP contribution in [0.1, 0.15) is 16.8 Å². The molecule has 0 aliphatic carbocycles. The van der Waals surface area contributed by atoms with E-state index < -0.39 is 5.97 Å². The summed E-state index contributed by atoms with van der Waals surface area (Å²) in [4.78, 5) is 22.7. The van der Waals surface area contributed by atoms with Gasteiger partial charge in [-0.15, -0.1) is 11.8 Å². The summed E-state index contributed by atoms with van der Waals surface area (Å²) >= 11 is 1.41. The van der Waals surface area contributed by atoms with E-state index in [0.29, 0.717) is 13.0 Å². The van der Waals surface area contributed by atoms with Crippen LogP contribution in [0.4, 0.5) is 0 Å². The number of thioether (sulfide) groups is 1. The van der Waals surface area contributed by atoms with Crippen molar-refractivity contribution in [3.63, 3.8) is 0 Å². The van der Waals surface area contributed by atoms with Gasteiger partial charge in [0.25, 0.3) is 0 Å². The molecule has 2 rings (SSSR count). The molecular weight excluding hydrogens is 228 g/mol. The minimum atomic E-state index is -0.947. The van der Waals surface area contributed by atoms with Gasteiger partial charge in [0.1, 0.15) is 5.25 Å². The van der Waals surface area contributed by atoms with E-state index in [1.54, 1.807) is 12.1 Å². The zero-order valence-electron chi connectivity index (χ0n) is 8.38. The zero-order valence-corrected chi connectivity index (χ0v) is 9.20. The van der Waals surface area contributed by atoms with Gasteiger partial charge in [0.05, 0.1) is 12.2 Å². The van der Waals surface area contributed by atoms with Crippen LogP contribution in [0.2, 0.25) is 0 Å². The highest BCUT2D eigenvalue weighted by Gasteiger charge is 2.27. The first-order chi connectivity index (χ1) is 7.66. The van der Waals surface area contributed by atoms with Crippen molar-refractivity contribution in [2.75, 3.05) is 6.61 Å². The average Bonchev–Trinajstić information content (AvgIpc) is 2.65. The maximum atomic E-state index is 11.2. The molecule has 0 bridgehead atoms. The van der Waals surface area contributed by atoms with E-state index in [9.17, 15) is 9.59 Å². The van der Waals surface area contributed by atoms with E-state index in [1.165, 1.54) is 23.9 Å². The van der Waals surface area contributed by atoms with E-state index in [4.69, 9.17) is 9.84 Å². The number of carboxylic acid groups (broad SMARTS) is 1. The molecule has 1 fully saturated rings. The van der Waals surface area contributed by atoms with Gasteiger partial charge >= 0.3 is 11.9 Å².